The Morgan fingerprint density at radius 3 is 2.39 bits per heavy atom. The Labute approximate surface area is 199 Å². The number of rotatable bonds is 8. The second-order valence-corrected chi connectivity index (χ2v) is 8.60. The third-order valence-electron chi connectivity index (χ3n) is 5.76. The van der Waals surface area contributed by atoms with Crippen LogP contribution in [0, 0.1) is 6.92 Å². The van der Waals surface area contributed by atoms with Crippen LogP contribution < -0.4 is 9.47 Å². The molecule has 0 aliphatic carbocycles. The van der Waals surface area contributed by atoms with Gasteiger partial charge in [0, 0.05) is 12.6 Å². The number of methoxy groups -OCH3 is 2. The molecule has 7 nitrogen and oxygen atoms in total. The minimum absolute atomic E-state index is 0.0156. The van der Waals surface area contributed by atoms with Gasteiger partial charge in [0.2, 0.25) is 0 Å². The highest BCUT2D eigenvalue weighted by Gasteiger charge is 2.46. The van der Waals surface area contributed by atoms with E-state index in [1.54, 1.807) is 4.90 Å². The molecule has 1 atom stereocenters. The molecule has 1 N–H and O–H groups in total. The normalized spacial score (nSPS) is 17.7. The molecule has 0 radical (unpaired) electrons. The first kappa shape index (κ1) is 24.6. The number of nitrogens with zero attached hydrogens (tertiary/aromatic N) is 2. The lowest BCUT2D eigenvalue weighted by molar-refractivity contribution is -0.139. The van der Waals surface area contributed by atoms with E-state index in [2.05, 4.69) is 0 Å². The largest absolute Gasteiger partial charge is 0.507 e. The lowest BCUT2D eigenvalue weighted by atomic mass is 9.92. The number of amides is 1. The standard InChI is InChI=1S/C25H29ClN2O5/c1-15-9-6-7-10-16(15)22-21(24(30)25(31)28(22)12-8-11-27(2)3)23(29)17-13-20(33-5)18(26)14-19(17)32-4/h6-7,9-10,13-14,22,29H,8,11-12H2,1-5H3/b23-21+. The summed E-state index contributed by atoms with van der Waals surface area (Å²) in [6.07, 6.45) is 0.681. The van der Waals surface area contributed by atoms with Crippen molar-refractivity contribution in [1.29, 1.82) is 0 Å². The predicted octanol–water partition coefficient (Wildman–Crippen LogP) is 4.04. The molecule has 176 valence electrons. The number of benzene rings is 2. The highest BCUT2D eigenvalue weighted by atomic mass is 35.5. The summed E-state index contributed by atoms with van der Waals surface area (Å²) in [5, 5.41) is 11.7. The Morgan fingerprint density at radius 2 is 1.79 bits per heavy atom. The fraction of sp³-hybridized carbons (Fsp3) is 0.360. The molecule has 8 heteroatoms. The molecule has 3 rings (SSSR count). The van der Waals surface area contributed by atoms with Crippen molar-refractivity contribution in [3.8, 4) is 11.5 Å². The number of likely N-dealkylation sites (tertiary alicyclic amines) is 1. The van der Waals surface area contributed by atoms with Gasteiger partial charge in [-0.15, -0.1) is 0 Å². The van der Waals surface area contributed by atoms with Crippen molar-refractivity contribution in [1.82, 2.24) is 9.80 Å². The summed E-state index contributed by atoms with van der Waals surface area (Å²) in [5.41, 5.74) is 1.93. The molecule has 0 saturated carbocycles. The van der Waals surface area contributed by atoms with E-state index < -0.39 is 17.7 Å². The molecule has 1 saturated heterocycles. The molecule has 2 aromatic rings. The van der Waals surface area contributed by atoms with E-state index in [4.69, 9.17) is 21.1 Å². The van der Waals surface area contributed by atoms with Crippen LogP contribution in [0.15, 0.2) is 42.0 Å². The third kappa shape index (κ3) is 4.84. The summed E-state index contributed by atoms with van der Waals surface area (Å²) in [5.74, 6) is -1.12. The summed E-state index contributed by atoms with van der Waals surface area (Å²) in [7, 11) is 6.79. The van der Waals surface area contributed by atoms with Crippen LogP contribution in [0.1, 0.15) is 29.2 Å². The number of hydrogen-bond donors (Lipinski definition) is 1. The van der Waals surface area contributed by atoms with Gasteiger partial charge < -0.3 is 24.4 Å². The Morgan fingerprint density at radius 1 is 1.12 bits per heavy atom. The second kappa shape index (κ2) is 10.3. The fourth-order valence-corrected chi connectivity index (χ4v) is 4.31. The van der Waals surface area contributed by atoms with E-state index in [9.17, 15) is 14.7 Å². The Balaban J connectivity index is 2.21. The quantitative estimate of drug-likeness (QED) is 0.355. The van der Waals surface area contributed by atoms with E-state index in [1.807, 2.05) is 50.2 Å². The van der Waals surface area contributed by atoms with Gasteiger partial charge in [0.25, 0.3) is 11.7 Å². The Bertz CT molecular complexity index is 1100. The Kier molecular flexibility index (Phi) is 7.66. The maximum absolute atomic E-state index is 13.2. The van der Waals surface area contributed by atoms with Crippen molar-refractivity contribution in [2.24, 2.45) is 0 Å². The van der Waals surface area contributed by atoms with Crippen molar-refractivity contribution in [3.05, 3.63) is 63.7 Å². The Hall–Kier alpha value is -3.03. The van der Waals surface area contributed by atoms with Gasteiger partial charge in [-0.2, -0.15) is 0 Å². The molecule has 33 heavy (non-hydrogen) atoms. The summed E-state index contributed by atoms with van der Waals surface area (Å²) < 4.78 is 10.7. The van der Waals surface area contributed by atoms with E-state index in [1.165, 1.54) is 26.4 Å². The van der Waals surface area contributed by atoms with E-state index in [0.29, 0.717) is 23.7 Å². The molecular formula is C25H29ClN2O5. The molecule has 1 aliphatic rings. The molecule has 0 bridgehead atoms. The molecule has 1 aliphatic heterocycles. The molecular weight excluding hydrogens is 444 g/mol. The number of aryl methyl sites for hydroxylation is 1. The topological polar surface area (TPSA) is 79.3 Å². The molecule has 0 aromatic heterocycles. The van der Waals surface area contributed by atoms with Crippen molar-refractivity contribution < 1.29 is 24.2 Å². The highest BCUT2D eigenvalue weighted by molar-refractivity contribution is 6.46. The number of aliphatic hydroxyl groups excluding tert-OH is 1. The van der Waals surface area contributed by atoms with Gasteiger partial charge in [0.15, 0.2) is 0 Å². The van der Waals surface area contributed by atoms with Gasteiger partial charge in [-0.3, -0.25) is 9.59 Å². The molecule has 1 amide bonds. The lowest BCUT2D eigenvalue weighted by Crippen LogP contribution is -2.32. The SMILES string of the molecule is COc1cc(/C(O)=C2\C(=O)C(=O)N(CCCN(C)C)C2c2ccccc2C)c(OC)cc1Cl. The van der Waals surface area contributed by atoms with Crippen LogP contribution >= 0.6 is 11.6 Å². The van der Waals surface area contributed by atoms with E-state index >= 15 is 0 Å². The van der Waals surface area contributed by atoms with Crippen LogP contribution in [-0.4, -0.2) is 68.0 Å². The first-order valence-electron chi connectivity index (χ1n) is 10.6. The monoisotopic (exact) mass is 472 g/mol. The average Bonchev–Trinajstić information content (AvgIpc) is 3.03. The van der Waals surface area contributed by atoms with Crippen LogP contribution in [0.3, 0.4) is 0 Å². The van der Waals surface area contributed by atoms with E-state index in [-0.39, 0.29) is 22.6 Å². The van der Waals surface area contributed by atoms with Crippen molar-refractivity contribution in [3.63, 3.8) is 0 Å². The number of Topliss-reactive ketones (excluding diaryl/α,β-unsaturated/α-hetero) is 1. The molecule has 1 heterocycles. The zero-order chi connectivity index (χ0) is 24.3. The highest BCUT2D eigenvalue weighted by Crippen LogP contribution is 2.43. The van der Waals surface area contributed by atoms with Crippen LogP contribution in [0.2, 0.25) is 5.02 Å². The third-order valence-corrected chi connectivity index (χ3v) is 6.05. The predicted molar refractivity (Wildman–Crippen MR) is 128 cm³/mol. The first-order valence-corrected chi connectivity index (χ1v) is 11.0. The summed E-state index contributed by atoms with van der Waals surface area (Å²) >= 11 is 6.21. The molecule has 2 aromatic carbocycles. The molecule has 1 fully saturated rings. The minimum Gasteiger partial charge on any atom is -0.507 e. The van der Waals surface area contributed by atoms with Gasteiger partial charge in [0.05, 0.1) is 36.4 Å². The van der Waals surface area contributed by atoms with Gasteiger partial charge in [-0.25, -0.2) is 0 Å². The zero-order valence-corrected chi connectivity index (χ0v) is 20.3. The minimum atomic E-state index is -0.735. The summed E-state index contributed by atoms with van der Waals surface area (Å²) in [6.45, 7) is 3.05. The molecule has 0 spiro atoms. The number of halogens is 1. The van der Waals surface area contributed by atoms with Crippen LogP contribution in [0.25, 0.3) is 5.76 Å². The van der Waals surface area contributed by atoms with Crippen molar-refractivity contribution >= 4 is 29.1 Å². The second-order valence-electron chi connectivity index (χ2n) is 8.19. The molecule has 1 unspecified atom stereocenters. The van der Waals surface area contributed by atoms with E-state index in [0.717, 1.165) is 17.7 Å². The first-order chi connectivity index (χ1) is 15.7. The van der Waals surface area contributed by atoms with Crippen LogP contribution in [0.5, 0.6) is 11.5 Å². The van der Waals surface area contributed by atoms with Crippen molar-refractivity contribution in [2.45, 2.75) is 19.4 Å². The van der Waals surface area contributed by atoms with Gasteiger partial charge in [0.1, 0.15) is 17.3 Å². The number of ether oxygens (including phenoxy) is 2. The number of carbonyl (C=O) groups excluding carboxylic acids is 2. The van der Waals surface area contributed by atoms with Gasteiger partial charge in [-0.05, 0) is 51.2 Å². The van der Waals surface area contributed by atoms with Crippen LogP contribution in [0.4, 0.5) is 0 Å². The van der Waals surface area contributed by atoms with Gasteiger partial charge >= 0.3 is 0 Å². The fourth-order valence-electron chi connectivity index (χ4n) is 4.08. The number of carbonyl (C=O) groups is 2. The van der Waals surface area contributed by atoms with Crippen LogP contribution in [-0.2, 0) is 9.59 Å². The number of ketones is 1. The zero-order valence-electron chi connectivity index (χ0n) is 19.5. The number of aliphatic hydroxyl groups is 1. The maximum atomic E-state index is 13.2. The smallest absolute Gasteiger partial charge is 0.295 e. The maximum Gasteiger partial charge on any atom is 0.295 e. The number of hydrogen-bond acceptors (Lipinski definition) is 6. The summed E-state index contributed by atoms with van der Waals surface area (Å²) in [4.78, 5) is 29.9. The van der Waals surface area contributed by atoms with Crippen molar-refractivity contribution in [2.75, 3.05) is 41.4 Å². The lowest BCUT2D eigenvalue weighted by Gasteiger charge is -2.27. The summed E-state index contributed by atoms with van der Waals surface area (Å²) in [6, 6.07) is 9.83. The van der Waals surface area contributed by atoms with Gasteiger partial charge in [-0.1, -0.05) is 35.9 Å². The average molecular weight is 473 g/mol.